The SMILES string of the molecule is Cc1nc(Br)c2ccc(Br)cc2c1Br. The highest BCUT2D eigenvalue weighted by atomic mass is 79.9. The molecule has 0 spiro atoms. The van der Waals surface area contributed by atoms with Gasteiger partial charge < -0.3 is 0 Å². The number of hydrogen-bond acceptors (Lipinski definition) is 1. The lowest BCUT2D eigenvalue weighted by Crippen LogP contribution is -1.87. The van der Waals surface area contributed by atoms with Crippen molar-refractivity contribution in [1.82, 2.24) is 4.98 Å². The minimum atomic E-state index is 0.890. The molecule has 0 radical (unpaired) electrons. The van der Waals surface area contributed by atoms with Crippen molar-refractivity contribution in [1.29, 1.82) is 0 Å². The van der Waals surface area contributed by atoms with Crippen molar-refractivity contribution in [2.24, 2.45) is 0 Å². The molecule has 0 saturated heterocycles. The topological polar surface area (TPSA) is 12.9 Å². The first-order valence-electron chi connectivity index (χ1n) is 4.00. The largest absolute Gasteiger partial charge is 0.244 e. The van der Waals surface area contributed by atoms with Gasteiger partial charge in [-0.1, -0.05) is 22.0 Å². The molecule has 2 aromatic rings. The zero-order chi connectivity index (χ0) is 10.3. The van der Waals surface area contributed by atoms with Crippen LogP contribution in [-0.2, 0) is 0 Å². The van der Waals surface area contributed by atoms with Crippen LogP contribution in [-0.4, -0.2) is 4.98 Å². The van der Waals surface area contributed by atoms with E-state index in [1.54, 1.807) is 0 Å². The summed E-state index contributed by atoms with van der Waals surface area (Å²) in [6, 6.07) is 6.14. The monoisotopic (exact) mass is 377 g/mol. The standard InChI is InChI=1S/C10H6Br3N/c1-5-9(12)8-4-6(11)2-3-7(8)10(13)14-5/h2-4H,1H3. The summed E-state index contributed by atoms with van der Waals surface area (Å²) in [6.07, 6.45) is 0. The van der Waals surface area contributed by atoms with Crippen LogP contribution in [0.2, 0.25) is 0 Å². The van der Waals surface area contributed by atoms with E-state index in [0.717, 1.165) is 24.6 Å². The maximum atomic E-state index is 4.39. The zero-order valence-electron chi connectivity index (χ0n) is 7.31. The molecule has 0 saturated carbocycles. The summed E-state index contributed by atoms with van der Waals surface area (Å²) >= 11 is 10.5. The molecule has 1 aromatic carbocycles. The fourth-order valence-electron chi connectivity index (χ4n) is 1.33. The van der Waals surface area contributed by atoms with E-state index in [-0.39, 0.29) is 0 Å². The van der Waals surface area contributed by atoms with Crippen LogP contribution in [0.3, 0.4) is 0 Å². The second kappa shape index (κ2) is 3.91. The van der Waals surface area contributed by atoms with Gasteiger partial charge in [-0.15, -0.1) is 0 Å². The van der Waals surface area contributed by atoms with E-state index < -0.39 is 0 Å². The van der Waals surface area contributed by atoms with E-state index in [1.807, 2.05) is 19.1 Å². The Labute approximate surface area is 107 Å². The summed E-state index contributed by atoms with van der Waals surface area (Å²) in [6.45, 7) is 1.98. The van der Waals surface area contributed by atoms with Crippen LogP contribution in [0.1, 0.15) is 5.69 Å². The van der Waals surface area contributed by atoms with Crippen LogP contribution in [0, 0.1) is 6.92 Å². The molecule has 4 heteroatoms. The van der Waals surface area contributed by atoms with Crippen LogP contribution in [0.15, 0.2) is 31.7 Å². The summed E-state index contributed by atoms with van der Waals surface area (Å²) in [7, 11) is 0. The molecule has 0 aliphatic rings. The third-order valence-corrected chi connectivity index (χ3v) is 4.12. The van der Waals surface area contributed by atoms with Crippen molar-refractivity contribution < 1.29 is 0 Å². The lowest BCUT2D eigenvalue weighted by molar-refractivity contribution is 1.18. The second-order valence-corrected chi connectivity index (χ2v) is 5.45. The maximum absolute atomic E-state index is 4.39. The van der Waals surface area contributed by atoms with Gasteiger partial charge >= 0.3 is 0 Å². The van der Waals surface area contributed by atoms with E-state index in [4.69, 9.17) is 0 Å². The van der Waals surface area contributed by atoms with Crippen molar-refractivity contribution in [3.8, 4) is 0 Å². The summed E-state index contributed by atoms with van der Waals surface area (Å²) in [5, 5.41) is 2.28. The smallest absolute Gasteiger partial charge is 0.114 e. The van der Waals surface area contributed by atoms with Crippen molar-refractivity contribution in [3.63, 3.8) is 0 Å². The molecule has 1 nitrogen and oxygen atoms in total. The molecular formula is C10H6Br3N. The van der Waals surface area contributed by atoms with Crippen molar-refractivity contribution >= 4 is 58.6 Å². The molecule has 0 amide bonds. The van der Waals surface area contributed by atoms with E-state index in [9.17, 15) is 0 Å². The van der Waals surface area contributed by atoms with Crippen LogP contribution >= 0.6 is 47.8 Å². The number of halogens is 3. The number of hydrogen-bond donors (Lipinski definition) is 0. The Balaban J connectivity index is 2.95. The average molecular weight is 380 g/mol. The first kappa shape index (κ1) is 10.6. The first-order chi connectivity index (χ1) is 6.59. The van der Waals surface area contributed by atoms with Crippen molar-refractivity contribution in [3.05, 3.63) is 37.4 Å². The number of rotatable bonds is 0. The Bertz CT molecular complexity index is 508. The van der Waals surface area contributed by atoms with Crippen LogP contribution < -0.4 is 0 Å². The second-order valence-electron chi connectivity index (χ2n) is 2.99. The Morgan fingerprint density at radius 3 is 2.50 bits per heavy atom. The summed E-state index contributed by atoms with van der Waals surface area (Å²) < 4.78 is 3.01. The quantitative estimate of drug-likeness (QED) is 0.597. The molecule has 1 aromatic heterocycles. The van der Waals surface area contributed by atoms with Crippen molar-refractivity contribution in [2.45, 2.75) is 6.92 Å². The lowest BCUT2D eigenvalue weighted by Gasteiger charge is -2.06. The van der Waals surface area contributed by atoms with Gasteiger partial charge in [-0.25, -0.2) is 4.98 Å². The Morgan fingerprint density at radius 1 is 1.07 bits per heavy atom. The number of benzene rings is 1. The normalized spacial score (nSPS) is 10.9. The van der Waals surface area contributed by atoms with Gasteiger partial charge in [0.25, 0.3) is 0 Å². The number of nitrogens with zero attached hydrogens (tertiary/aromatic N) is 1. The van der Waals surface area contributed by atoms with E-state index in [2.05, 4.69) is 58.8 Å². The molecule has 0 atom stereocenters. The van der Waals surface area contributed by atoms with Gasteiger partial charge in [-0.2, -0.15) is 0 Å². The number of fused-ring (bicyclic) bond motifs is 1. The fourth-order valence-corrected chi connectivity index (χ4v) is 2.72. The molecule has 72 valence electrons. The molecule has 1 heterocycles. The van der Waals surface area contributed by atoms with Gasteiger partial charge in [0, 0.05) is 19.7 Å². The van der Waals surface area contributed by atoms with E-state index >= 15 is 0 Å². The Morgan fingerprint density at radius 2 is 1.79 bits per heavy atom. The molecule has 14 heavy (non-hydrogen) atoms. The molecule has 2 rings (SSSR count). The van der Waals surface area contributed by atoms with Crippen LogP contribution in [0.25, 0.3) is 10.8 Å². The Kier molecular flexibility index (Phi) is 2.96. The first-order valence-corrected chi connectivity index (χ1v) is 6.38. The highest BCUT2D eigenvalue weighted by Crippen LogP contribution is 2.32. The third-order valence-electron chi connectivity index (χ3n) is 2.02. The third kappa shape index (κ3) is 1.75. The number of aromatic nitrogens is 1. The van der Waals surface area contributed by atoms with Gasteiger partial charge in [0.2, 0.25) is 0 Å². The van der Waals surface area contributed by atoms with E-state index in [0.29, 0.717) is 0 Å². The van der Waals surface area contributed by atoms with Gasteiger partial charge in [0.15, 0.2) is 0 Å². The lowest BCUT2D eigenvalue weighted by atomic mass is 10.1. The van der Waals surface area contributed by atoms with E-state index in [1.165, 1.54) is 5.39 Å². The van der Waals surface area contributed by atoms with Crippen LogP contribution in [0.4, 0.5) is 0 Å². The predicted molar refractivity (Wildman–Crippen MR) is 69.6 cm³/mol. The summed E-state index contributed by atoms with van der Waals surface area (Å²) in [5.41, 5.74) is 0.988. The summed E-state index contributed by atoms with van der Waals surface area (Å²) in [5.74, 6) is 0. The van der Waals surface area contributed by atoms with Gasteiger partial charge in [-0.05, 0) is 50.9 Å². The minimum absolute atomic E-state index is 0.890. The van der Waals surface area contributed by atoms with Gasteiger partial charge in [0.05, 0.1) is 5.69 Å². The predicted octanol–water partition coefficient (Wildman–Crippen LogP) is 4.83. The molecular weight excluding hydrogens is 374 g/mol. The van der Waals surface area contributed by atoms with Crippen LogP contribution in [0.5, 0.6) is 0 Å². The molecule has 0 bridgehead atoms. The molecule has 0 aliphatic carbocycles. The highest BCUT2D eigenvalue weighted by molar-refractivity contribution is 9.11. The maximum Gasteiger partial charge on any atom is 0.114 e. The molecule has 0 aliphatic heterocycles. The van der Waals surface area contributed by atoms with Gasteiger partial charge in [-0.3, -0.25) is 0 Å². The number of aryl methyl sites for hydroxylation is 1. The average Bonchev–Trinajstić information content (AvgIpc) is 2.14. The summed E-state index contributed by atoms with van der Waals surface area (Å²) in [4.78, 5) is 4.39. The molecule has 0 fully saturated rings. The molecule has 0 unspecified atom stereocenters. The highest BCUT2D eigenvalue weighted by Gasteiger charge is 2.07. The number of pyridine rings is 1. The zero-order valence-corrected chi connectivity index (χ0v) is 12.1. The van der Waals surface area contributed by atoms with Gasteiger partial charge in [0.1, 0.15) is 4.60 Å². The fraction of sp³-hybridized carbons (Fsp3) is 0.100. The Hall–Kier alpha value is 0.0700. The van der Waals surface area contributed by atoms with Crippen molar-refractivity contribution in [2.75, 3.05) is 0 Å². The minimum Gasteiger partial charge on any atom is -0.244 e. The molecule has 0 N–H and O–H groups in total.